The van der Waals surface area contributed by atoms with Crippen LogP contribution in [0, 0.1) is 0 Å². The molecule has 0 amide bonds. The minimum absolute atomic E-state index is 0.00283. The first-order valence-electron chi connectivity index (χ1n) is 6.04. The van der Waals surface area contributed by atoms with Gasteiger partial charge in [-0.2, -0.15) is 13.2 Å². The number of rotatable bonds is 2. The SMILES string of the molecule is CN1CCCC(Nc2ncc(C(F)(F)F)cc2Cl)C1. The first-order valence-corrected chi connectivity index (χ1v) is 6.42. The third-order valence-electron chi connectivity index (χ3n) is 3.13. The van der Waals surface area contributed by atoms with Gasteiger partial charge in [-0.25, -0.2) is 4.98 Å². The van der Waals surface area contributed by atoms with Gasteiger partial charge in [0.05, 0.1) is 10.6 Å². The Morgan fingerprint density at radius 1 is 1.47 bits per heavy atom. The third-order valence-corrected chi connectivity index (χ3v) is 3.42. The second-order valence-electron chi connectivity index (χ2n) is 4.80. The molecule has 1 atom stereocenters. The van der Waals surface area contributed by atoms with E-state index in [1.807, 2.05) is 7.05 Å². The van der Waals surface area contributed by atoms with Crippen molar-refractivity contribution >= 4 is 17.4 Å². The molecule has 1 aromatic heterocycles. The number of likely N-dealkylation sites (N-methyl/N-ethyl adjacent to an activating group) is 1. The van der Waals surface area contributed by atoms with Crippen LogP contribution in [0.3, 0.4) is 0 Å². The van der Waals surface area contributed by atoms with Crippen molar-refractivity contribution in [2.24, 2.45) is 0 Å². The fourth-order valence-corrected chi connectivity index (χ4v) is 2.40. The number of alkyl halides is 3. The highest BCUT2D eigenvalue weighted by molar-refractivity contribution is 6.33. The molecule has 19 heavy (non-hydrogen) atoms. The Kier molecular flexibility index (Phi) is 4.20. The molecule has 1 aromatic rings. The van der Waals surface area contributed by atoms with Crippen LogP contribution in [-0.2, 0) is 6.18 Å². The Balaban J connectivity index is 2.09. The van der Waals surface area contributed by atoms with Crippen LogP contribution in [0.4, 0.5) is 19.0 Å². The molecule has 2 heterocycles. The van der Waals surface area contributed by atoms with Gasteiger partial charge in [0.15, 0.2) is 0 Å². The average molecular weight is 294 g/mol. The Hall–Kier alpha value is -1.01. The zero-order valence-corrected chi connectivity index (χ0v) is 11.2. The maximum absolute atomic E-state index is 12.5. The van der Waals surface area contributed by atoms with Crippen molar-refractivity contribution in [1.82, 2.24) is 9.88 Å². The monoisotopic (exact) mass is 293 g/mol. The quantitative estimate of drug-likeness (QED) is 0.907. The van der Waals surface area contributed by atoms with E-state index in [0.29, 0.717) is 5.82 Å². The number of hydrogen-bond acceptors (Lipinski definition) is 3. The molecule has 106 valence electrons. The van der Waals surface area contributed by atoms with E-state index in [2.05, 4.69) is 15.2 Å². The molecule has 1 unspecified atom stereocenters. The highest BCUT2D eigenvalue weighted by atomic mass is 35.5. The molecule has 2 rings (SSSR count). The van der Waals surface area contributed by atoms with Crippen LogP contribution in [0.1, 0.15) is 18.4 Å². The van der Waals surface area contributed by atoms with E-state index >= 15 is 0 Å². The normalized spacial score (nSPS) is 21.4. The summed E-state index contributed by atoms with van der Waals surface area (Å²) in [4.78, 5) is 5.95. The van der Waals surface area contributed by atoms with Gasteiger partial charge in [0.25, 0.3) is 0 Å². The summed E-state index contributed by atoms with van der Waals surface area (Å²) in [5.74, 6) is 0.315. The average Bonchev–Trinajstić information content (AvgIpc) is 2.30. The Bertz CT molecular complexity index is 450. The summed E-state index contributed by atoms with van der Waals surface area (Å²) in [6, 6.07) is 1.07. The number of pyridine rings is 1. The summed E-state index contributed by atoms with van der Waals surface area (Å²) in [6.07, 6.45) is -1.60. The van der Waals surface area contributed by atoms with Crippen LogP contribution in [0.2, 0.25) is 5.02 Å². The minimum atomic E-state index is -4.42. The summed E-state index contributed by atoms with van der Waals surface area (Å²) in [6.45, 7) is 1.87. The van der Waals surface area contributed by atoms with Gasteiger partial charge in [-0.1, -0.05) is 11.6 Å². The fourth-order valence-electron chi connectivity index (χ4n) is 2.18. The van der Waals surface area contributed by atoms with E-state index in [1.54, 1.807) is 0 Å². The van der Waals surface area contributed by atoms with Crippen molar-refractivity contribution in [2.45, 2.75) is 25.1 Å². The second kappa shape index (κ2) is 5.54. The summed E-state index contributed by atoms with van der Waals surface area (Å²) in [5.41, 5.74) is -0.830. The molecule has 0 saturated carbocycles. The van der Waals surface area contributed by atoms with E-state index in [9.17, 15) is 13.2 Å². The maximum Gasteiger partial charge on any atom is 0.417 e. The zero-order valence-electron chi connectivity index (χ0n) is 10.5. The van der Waals surface area contributed by atoms with Crippen LogP contribution in [0.15, 0.2) is 12.3 Å². The van der Waals surface area contributed by atoms with Gasteiger partial charge in [-0.05, 0) is 32.5 Å². The van der Waals surface area contributed by atoms with E-state index in [4.69, 9.17) is 11.6 Å². The van der Waals surface area contributed by atoms with Gasteiger partial charge < -0.3 is 10.2 Å². The first-order chi connectivity index (χ1) is 8.86. The molecule has 0 radical (unpaired) electrons. The van der Waals surface area contributed by atoms with Gasteiger partial charge in [0, 0.05) is 18.8 Å². The molecule has 7 heteroatoms. The van der Waals surface area contributed by atoms with Crippen molar-refractivity contribution in [3.05, 3.63) is 22.8 Å². The lowest BCUT2D eigenvalue weighted by Gasteiger charge is -2.30. The molecular weight excluding hydrogens is 279 g/mol. The van der Waals surface area contributed by atoms with Gasteiger partial charge in [0.2, 0.25) is 0 Å². The van der Waals surface area contributed by atoms with Crippen LogP contribution >= 0.6 is 11.6 Å². The van der Waals surface area contributed by atoms with Crippen molar-refractivity contribution < 1.29 is 13.2 Å². The second-order valence-corrected chi connectivity index (χ2v) is 5.21. The van der Waals surface area contributed by atoms with Gasteiger partial charge >= 0.3 is 6.18 Å². The van der Waals surface area contributed by atoms with E-state index in [1.165, 1.54) is 0 Å². The fraction of sp³-hybridized carbons (Fsp3) is 0.583. The lowest BCUT2D eigenvalue weighted by atomic mass is 10.1. The van der Waals surface area contributed by atoms with Crippen molar-refractivity contribution in [2.75, 3.05) is 25.5 Å². The molecule has 0 bridgehead atoms. The van der Waals surface area contributed by atoms with E-state index in [-0.39, 0.29) is 11.1 Å². The largest absolute Gasteiger partial charge is 0.417 e. The Labute approximate surface area is 114 Å². The number of aromatic nitrogens is 1. The van der Waals surface area contributed by atoms with Gasteiger partial charge in [-0.3, -0.25) is 0 Å². The van der Waals surface area contributed by atoms with Crippen molar-refractivity contribution in [3.63, 3.8) is 0 Å². The third kappa shape index (κ3) is 3.73. The van der Waals surface area contributed by atoms with Crippen LogP contribution in [-0.4, -0.2) is 36.1 Å². The summed E-state index contributed by atoms with van der Waals surface area (Å²) in [5, 5.41) is 3.11. The molecule has 1 N–H and O–H groups in total. The predicted molar refractivity (Wildman–Crippen MR) is 68.4 cm³/mol. The van der Waals surface area contributed by atoms with Crippen LogP contribution in [0.5, 0.6) is 0 Å². The molecule has 0 spiro atoms. The zero-order chi connectivity index (χ0) is 14.0. The highest BCUT2D eigenvalue weighted by Gasteiger charge is 2.31. The van der Waals surface area contributed by atoms with Gasteiger partial charge in [0.1, 0.15) is 5.82 Å². The summed E-state index contributed by atoms with van der Waals surface area (Å²) in [7, 11) is 2.01. The Morgan fingerprint density at radius 3 is 2.79 bits per heavy atom. The number of halogens is 4. The molecule has 1 aliphatic heterocycles. The van der Waals surface area contributed by atoms with E-state index < -0.39 is 11.7 Å². The molecule has 3 nitrogen and oxygen atoms in total. The number of piperidine rings is 1. The first kappa shape index (κ1) is 14.4. The molecule has 1 fully saturated rings. The van der Waals surface area contributed by atoms with Gasteiger partial charge in [-0.15, -0.1) is 0 Å². The number of likely N-dealkylation sites (tertiary alicyclic amines) is 1. The minimum Gasteiger partial charge on any atom is -0.365 e. The smallest absolute Gasteiger partial charge is 0.365 e. The van der Waals surface area contributed by atoms with Crippen LogP contribution in [0.25, 0.3) is 0 Å². The molecule has 1 saturated heterocycles. The summed E-state index contributed by atoms with van der Waals surface area (Å²) < 4.78 is 37.5. The number of hydrogen-bond donors (Lipinski definition) is 1. The molecule has 0 aliphatic carbocycles. The standard InChI is InChI=1S/C12H15ClF3N3/c1-19-4-2-3-9(7-19)18-11-10(13)5-8(6-17-11)12(14,15)16/h5-6,9H,2-4,7H2,1H3,(H,17,18). The lowest BCUT2D eigenvalue weighted by molar-refractivity contribution is -0.137. The molecule has 1 aliphatic rings. The van der Waals surface area contributed by atoms with E-state index in [0.717, 1.165) is 38.2 Å². The van der Waals surface area contributed by atoms with Crippen molar-refractivity contribution in [3.8, 4) is 0 Å². The van der Waals surface area contributed by atoms with Crippen LogP contribution < -0.4 is 5.32 Å². The topological polar surface area (TPSA) is 28.2 Å². The molecule has 0 aromatic carbocycles. The number of nitrogens with zero attached hydrogens (tertiary/aromatic N) is 2. The highest BCUT2D eigenvalue weighted by Crippen LogP contribution is 2.32. The van der Waals surface area contributed by atoms with Crippen molar-refractivity contribution in [1.29, 1.82) is 0 Å². The lowest BCUT2D eigenvalue weighted by Crippen LogP contribution is -2.40. The predicted octanol–water partition coefficient (Wildman–Crippen LogP) is 3.26. The maximum atomic E-state index is 12.5. The number of anilines is 1. The summed E-state index contributed by atoms with van der Waals surface area (Å²) >= 11 is 5.85. The number of nitrogens with one attached hydrogen (secondary N) is 1. The Morgan fingerprint density at radius 2 is 2.21 bits per heavy atom. The molecular formula is C12H15ClF3N3.